The Morgan fingerprint density at radius 3 is 2.52 bits per heavy atom. The highest BCUT2D eigenvalue weighted by molar-refractivity contribution is 5.89. The summed E-state index contributed by atoms with van der Waals surface area (Å²) in [6.07, 6.45) is 0. The number of nitrogens with one attached hydrogen (secondary N) is 2. The topological polar surface area (TPSA) is 41.1 Å². The Labute approximate surface area is 124 Å². The number of amides is 1. The van der Waals surface area contributed by atoms with Crippen LogP contribution in [0.4, 0.5) is 15.8 Å². The Kier molecular flexibility index (Phi) is 4.58. The summed E-state index contributed by atoms with van der Waals surface area (Å²) in [6, 6.07) is 10.8. The van der Waals surface area contributed by atoms with Gasteiger partial charge < -0.3 is 10.6 Å². The first-order valence-electron chi connectivity index (χ1n) is 6.83. The van der Waals surface area contributed by atoms with Crippen LogP contribution in [0.5, 0.6) is 0 Å². The molecule has 3 nitrogen and oxygen atoms in total. The molecule has 0 fully saturated rings. The van der Waals surface area contributed by atoms with Crippen LogP contribution < -0.4 is 10.6 Å². The Morgan fingerprint density at radius 1 is 1.10 bits per heavy atom. The first-order valence-corrected chi connectivity index (χ1v) is 6.83. The molecule has 21 heavy (non-hydrogen) atoms. The molecule has 2 rings (SSSR count). The van der Waals surface area contributed by atoms with E-state index < -0.39 is 0 Å². The molecule has 0 atom stereocenters. The quantitative estimate of drug-likeness (QED) is 0.891. The third kappa shape index (κ3) is 4.05. The summed E-state index contributed by atoms with van der Waals surface area (Å²) in [6.45, 7) is 5.83. The second-order valence-electron chi connectivity index (χ2n) is 5.15. The van der Waals surface area contributed by atoms with Gasteiger partial charge in [-0.1, -0.05) is 18.2 Å². The van der Waals surface area contributed by atoms with E-state index in [-0.39, 0.29) is 11.7 Å². The third-order valence-corrected chi connectivity index (χ3v) is 3.26. The summed E-state index contributed by atoms with van der Waals surface area (Å²) in [5.74, 6) is -0.290. The maximum atomic E-state index is 13.2. The predicted molar refractivity (Wildman–Crippen MR) is 83.9 cm³/mol. The van der Waals surface area contributed by atoms with Crippen LogP contribution in [0.15, 0.2) is 36.4 Å². The van der Waals surface area contributed by atoms with Gasteiger partial charge in [0.25, 0.3) is 0 Å². The summed E-state index contributed by atoms with van der Waals surface area (Å²) in [7, 11) is 0. The van der Waals surface area contributed by atoms with Gasteiger partial charge in [0.05, 0.1) is 0 Å². The SMILES string of the molecule is CC(=O)Nc1ccc(C)c(NCc2ccc(F)c(C)c2)c1. The Balaban J connectivity index is 2.11. The number of aryl methyl sites for hydroxylation is 2. The number of rotatable bonds is 4. The van der Waals surface area contributed by atoms with E-state index in [0.29, 0.717) is 12.1 Å². The summed E-state index contributed by atoms with van der Waals surface area (Å²) < 4.78 is 13.2. The second-order valence-corrected chi connectivity index (χ2v) is 5.15. The van der Waals surface area contributed by atoms with Gasteiger partial charge in [-0.15, -0.1) is 0 Å². The molecule has 4 heteroatoms. The molecule has 0 bridgehead atoms. The molecule has 0 aliphatic carbocycles. The standard InChI is InChI=1S/C17H19FN2O/c1-11-4-6-15(20-13(3)21)9-17(11)19-10-14-5-7-16(18)12(2)8-14/h4-9,19H,10H2,1-3H3,(H,20,21). The zero-order valence-electron chi connectivity index (χ0n) is 12.5. The van der Waals surface area contributed by atoms with Crippen molar-refractivity contribution >= 4 is 17.3 Å². The predicted octanol–water partition coefficient (Wildman–Crippen LogP) is 4.01. The molecule has 1 amide bonds. The van der Waals surface area contributed by atoms with E-state index in [1.165, 1.54) is 13.0 Å². The third-order valence-electron chi connectivity index (χ3n) is 3.26. The largest absolute Gasteiger partial charge is 0.381 e. The Bertz CT molecular complexity index is 668. The summed E-state index contributed by atoms with van der Waals surface area (Å²) in [5.41, 5.74) is 4.44. The molecule has 0 unspecified atom stereocenters. The van der Waals surface area contributed by atoms with Crippen molar-refractivity contribution in [3.8, 4) is 0 Å². The first-order chi connectivity index (χ1) is 9.95. The van der Waals surface area contributed by atoms with Gasteiger partial charge in [-0.3, -0.25) is 4.79 Å². The number of carbonyl (C=O) groups is 1. The monoisotopic (exact) mass is 286 g/mol. The Hall–Kier alpha value is -2.36. The average molecular weight is 286 g/mol. The summed E-state index contributed by atoms with van der Waals surface area (Å²) in [4.78, 5) is 11.1. The molecule has 0 radical (unpaired) electrons. The van der Waals surface area contributed by atoms with Crippen molar-refractivity contribution in [2.45, 2.75) is 27.3 Å². The minimum absolute atomic E-state index is 0.0982. The number of benzene rings is 2. The molecule has 110 valence electrons. The van der Waals surface area contributed by atoms with Crippen LogP contribution >= 0.6 is 0 Å². The lowest BCUT2D eigenvalue weighted by molar-refractivity contribution is -0.114. The molecular weight excluding hydrogens is 267 g/mol. The molecule has 0 aliphatic heterocycles. The smallest absolute Gasteiger partial charge is 0.221 e. The van der Waals surface area contributed by atoms with E-state index in [0.717, 1.165) is 22.5 Å². The Morgan fingerprint density at radius 2 is 1.86 bits per heavy atom. The molecule has 0 saturated heterocycles. The zero-order valence-corrected chi connectivity index (χ0v) is 12.5. The lowest BCUT2D eigenvalue weighted by Gasteiger charge is -2.12. The van der Waals surface area contributed by atoms with Crippen molar-refractivity contribution < 1.29 is 9.18 Å². The van der Waals surface area contributed by atoms with Crippen molar-refractivity contribution in [2.24, 2.45) is 0 Å². The summed E-state index contributed by atoms with van der Waals surface area (Å²) in [5, 5.41) is 6.07. The van der Waals surface area contributed by atoms with E-state index in [1.54, 1.807) is 13.0 Å². The van der Waals surface area contributed by atoms with Crippen LogP contribution in [0.3, 0.4) is 0 Å². The average Bonchev–Trinajstić information content (AvgIpc) is 2.42. The number of hydrogen-bond acceptors (Lipinski definition) is 2. The van der Waals surface area contributed by atoms with Gasteiger partial charge in [-0.25, -0.2) is 4.39 Å². The maximum Gasteiger partial charge on any atom is 0.221 e. The molecule has 0 heterocycles. The molecule has 2 N–H and O–H groups in total. The lowest BCUT2D eigenvalue weighted by Crippen LogP contribution is -2.07. The van der Waals surface area contributed by atoms with Gasteiger partial charge in [-0.2, -0.15) is 0 Å². The van der Waals surface area contributed by atoms with Gasteiger partial charge in [0.2, 0.25) is 5.91 Å². The minimum atomic E-state index is -0.192. The highest BCUT2D eigenvalue weighted by Crippen LogP contribution is 2.21. The fourth-order valence-electron chi connectivity index (χ4n) is 2.11. The molecule has 0 aromatic heterocycles. The molecular formula is C17H19FN2O. The molecule has 0 spiro atoms. The minimum Gasteiger partial charge on any atom is -0.381 e. The van der Waals surface area contributed by atoms with Crippen molar-refractivity contribution in [2.75, 3.05) is 10.6 Å². The van der Waals surface area contributed by atoms with E-state index in [4.69, 9.17) is 0 Å². The molecule has 2 aromatic rings. The van der Waals surface area contributed by atoms with Gasteiger partial charge in [0.1, 0.15) is 5.82 Å². The van der Waals surface area contributed by atoms with E-state index in [2.05, 4.69) is 10.6 Å². The van der Waals surface area contributed by atoms with E-state index in [9.17, 15) is 9.18 Å². The van der Waals surface area contributed by atoms with Gasteiger partial charge in [-0.05, 0) is 48.7 Å². The first kappa shape index (κ1) is 15.0. The number of carbonyl (C=O) groups excluding carboxylic acids is 1. The van der Waals surface area contributed by atoms with E-state index in [1.807, 2.05) is 31.2 Å². The van der Waals surface area contributed by atoms with Gasteiger partial charge in [0, 0.05) is 24.8 Å². The fraction of sp³-hybridized carbons (Fsp3) is 0.235. The van der Waals surface area contributed by atoms with Crippen LogP contribution in [-0.2, 0) is 11.3 Å². The summed E-state index contributed by atoms with van der Waals surface area (Å²) >= 11 is 0. The highest BCUT2D eigenvalue weighted by atomic mass is 19.1. The van der Waals surface area contributed by atoms with Crippen molar-refractivity contribution in [1.82, 2.24) is 0 Å². The zero-order chi connectivity index (χ0) is 15.4. The normalized spacial score (nSPS) is 10.3. The van der Waals surface area contributed by atoms with Crippen LogP contribution in [0.1, 0.15) is 23.6 Å². The maximum absolute atomic E-state index is 13.2. The van der Waals surface area contributed by atoms with Crippen LogP contribution in [0, 0.1) is 19.7 Å². The lowest BCUT2D eigenvalue weighted by atomic mass is 10.1. The number of hydrogen-bond donors (Lipinski definition) is 2. The molecule has 0 aliphatic rings. The molecule has 2 aromatic carbocycles. The molecule has 0 saturated carbocycles. The fourth-order valence-corrected chi connectivity index (χ4v) is 2.11. The van der Waals surface area contributed by atoms with Crippen LogP contribution in [-0.4, -0.2) is 5.91 Å². The van der Waals surface area contributed by atoms with Gasteiger partial charge >= 0.3 is 0 Å². The van der Waals surface area contributed by atoms with Crippen molar-refractivity contribution in [3.63, 3.8) is 0 Å². The van der Waals surface area contributed by atoms with Crippen molar-refractivity contribution in [1.29, 1.82) is 0 Å². The second kappa shape index (κ2) is 6.39. The number of anilines is 2. The van der Waals surface area contributed by atoms with Crippen LogP contribution in [0.2, 0.25) is 0 Å². The van der Waals surface area contributed by atoms with E-state index >= 15 is 0 Å². The van der Waals surface area contributed by atoms with Gasteiger partial charge in [0.15, 0.2) is 0 Å². The van der Waals surface area contributed by atoms with Crippen molar-refractivity contribution in [3.05, 3.63) is 58.9 Å². The van der Waals surface area contributed by atoms with Crippen LogP contribution in [0.25, 0.3) is 0 Å². The highest BCUT2D eigenvalue weighted by Gasteiger charge is 2.03. The number of halogens is 1.